The summed E-state index contributed by atoms with van der Waals surface area (Å²) >= 11 is 5.93. The van der Waals surface area contributed by atoms with Crippen molar-refractivity contribution in [1.82, 2.24) is 4.31 Å². The van der Waals surface area contributed by atoms with Crippen LogP contribution < -0.4 is 4.90 Å². The quantitative estimate of drug-likeness (QED) is 0.829. The van der Waals surface area contributed by atoms with Gasteiger partial charge >= 0.3 is 0 Å². The summed E-state index contributed by atoms with van der Waals surface area (Å²) in [6.07, 6.45) is 0. The number of quaternary nitrogens is 1. The van der Waals surface area contributed by atoms with Crippen LogP contribution in [0.15, 0.2) is 41.3 Å². The lowest BCUT2D eigenvalue weighted by molar-refractivity contribution is -0.917. The van der Waals surface area contributed by atoms with E-state index in [1.807, 2.05) is 19.9 Å². The Bertz CT molecular complexity index is 907. The number of nitrogens with zero attached hydrogens (tertiary/aromatic N) is 1. The summed E-state index contributed by atoms with van der Waals surface area (Å²) in [4.78, 5) is 1.50. The first kappa shape index (κ1) is 19.2. The van der Waals surface area contributed by atoms with Crippen molar-refractivity contribution in [1.29, 1.82) is 0 Å². The van der Waals surface area contributed by atoms with Crippen LogP contribution in [-0.4, -0.2) is 44.0 Å². The summed E-state index contributed by atoms with van der Waals surface area (Å²) in [6.45, 7) is 7.01. The Morgan fingerprint density at radius 2 is 1.77 bits per heavy atom. The van der Waals surface area contributed by atoms with Gasteiger partial charge in [0.25, 0.3) is 0 Å². The molecular formula is C19H24ClN2O3S+. The van der Waals surface area contributed by atoms with E-state index in [2.05, 4.69) is 0 Å². The van der Waals surface area contributed by atoms with Gasteiger partial charge in [-0.1, -0.05) is 17.7 Å². The average Bonchev–Trinajstić information content (AvgIpc) is 2.60. The van der Waals surface area contributed by atoms with Crippen molar-refractivity contribution in [2.45, 2.75) is 25.3 Å². The van der Waals surface area contributed by atoms with Crippen LogP contribution in [0.3, 0.4) is 0 Å². The number of hydrogen-bond acceptors (Lipinski definition) is 3. The number of sulfonamides is 1. The molecule has 0 radical (unpaired) electrons. The second-order valence-corrected chi connectivity index (χ2v) is 9.23. The lowest BCUT2D eigenvalue weighted by Gasteiger charge is -2.31. The van der Waals surface area contributed by atoms with E-state index in [1.54, 1.807) is 24.3 Å². The van der Waals surface area contributed by atoms with Gasteiger partial charge in [-0.15, -0.1) is 0 Å². The third-order valence-corrected chi connectivity index (χ3v) is 7.13. The van der Waals surface area contributed by atoms with E-state index < -0.39 is 10.0 Å². The fourth-order valence-electron chi connectivity index (χ4n) is 3.27. The molecule has 0 bridgehead atoms. The van der Waals surface area contributed by atoms with Crippen molar-refractivity contribution in [3.05, 3.63) is 58.1 Å². The van der Waals surface area contributed by atoms with Crippen LogP contribution in [0.4, 0.5) is 0 Å². The number of benzene rings is 2. The molecule has 7 heteroatoms. The minimum Gasteiger partial charge on any atom is -0.507 e. The van der Waals surface area contributed by atoms with Crippen LogP contribution in [0.2, 0.25) is 5.02 Å². The predicted molar refractivity (Wildman–Crippen MR) is 102 cm³/mol. The molecule has 3 rings (SSSR count). The van der Waals surface area contributed by atoms with Crippen molar-refractivity contribution in [2.24, 2.45) is 0 Å². The minimum atomic E-state index is -3.52. The molecule has 0 aliphatic carbocycles. The van der Waals surface area contributed by atoms with E-state index in [1.165, 1.54) is 15.3 Å². The highest BCUT2D eigenvalue weighted by molar-refractivity contribution is 7.89. The van der Waals surface area contributed by atoms with Crippen molar-refractivity contribution in [3.8, 4) is 5.75 Å². The van der Waals surface area contributed by atoms with E-state index in [0.29, 0.717) is 43.5 Å². The standard InChI is InChI=1S/C19H23ClN2O3S/c1-14-10-16(19(23)11-15(14)2)13-21-6-8-22(9-7-21)26(24,25)18-5-3-4-17(20)12-18/h3-5,10-12,23H,6-9,13H2,1-2H3/p+1. The topological polar surface area (TPSA) is 62.1 Å². The van der Waals surface area contributed by atoms with Gasteiger partial charge in [-0.25, -0.2) is 8.42 Å². The monoisotopic (exact) mass is 395 g/mol. The van der Waals surface area contributed by atoms with Gasteiger partial charge in [-0.3, -0.25) is 0 Å². The molecule has 0 aromatic heterocycles. The average molecular weight is 396 g/mol. The summed E-state index contributed by atoms with van der Waals surface area (Å²) in [7, 11) is -3.52. The molecule has 2 aromatic carbocycles. The van der Waals surface area contributed by atoms with Gasteiger partial charge in [0, 0.05) is 10.6 Å². The first-order chi connectivity index (χ1) is 12.3. The summed E-state index contributed by atoms with van der Waals surface area (Å²) in [5, 5.41) is 10.6. The minimum absolute atomic E-state index is 0.236. The smallest absolute Gasteiger partial charge is 0.243 e. The number of nitrogens with one attached hydrogen (secondary N) is 1. The van der Waals surface area contributed by atoms with Crippen LogP contribution >= 0.6 is 11.6 Å². The van der Waals surface area contributed by atoms with E-state index in [-0.39, 0.29) is 4.90 Å². The van der Waals surface area contributed by atoms with Gasteiger partial charge in [0.05, 0.1) is 31.1 Å². The van der Waals surface area contributed by atoms with Crippen molar-refractivity contribution in [3.63, 3.8) is 0 Å². The molecule has 0 saturated carbocycles. The van der Waals surface area contributed by atoms with Crippen molar-refractivity contribution in [2.75, 3.05) is 26.2 Å². The summed E-state index contributed by atoms with van der Waals surface area (Å²) < 4.78 is 27.0. The predicted octanol–water partition coefficient (Wildman–Crippen LogP) is 1.75. The molecule has 0 spiro atoms. The Kier molecular flexibility index (Phi) is 5.58. The van der Waals surface area contributed by atoms with E-state index in [9.17, 15) is 13.5 Å². The van der Waals surface area contributed by atoms with E-state index in [0.717, 1.165) is 16.7 Å². The Morgan fingerprint density at radius 1 is 1.12 bits per heavy atom. The third kappa shape index (κ3) is 4.04. The number of rotatable bonds is 4. The molecule has 2 N–H and O–H groups in total. The molecule has 26 heavy (non-hydrogen) atoms. The second-order valence-electron chi connectivity index (χ2n) is 6.85. The second kappa shape index (κ2) is 7.56. The third-order valence-electron chi connectivity index (χ3n) is 5.00. The molecule has 2 aromatic rings. The van der Waals surface area contributed by atoms with E-state index >= 15 is 0 Å². The lowest BCUT2D eigenvalue weighted by Crippen LogP contribution is -3.13. The fourth-order valence-corrected chi connectivity index (χ4v) is 5.01. The molecule has 0 unspecified atom stereocenters. The molecular weight excluding hydrogens is 372 g/mol. The zero-order chi connectivity index (χ0) is 18.9. The van der Waals surface area contributed by atoms with Crippen LogP contribution in [0.1, 0.15) is 16.7 Å². The van der Waals surface area contributed by atoms with Crippen LogP contribution in [0, 0.1) is 13.8 Å². The number of aryl methyl sites for hydroxylation is 2. The Hall–Kier alpha value is -1.60. The van der Waals surface area contributed by atoms with E-state index in [4.69, 9.17) is 11.6 Å². The van der Waals surface area contributed by atoms with Crippen molar-refractivity contribution >= 4 is 21.6 Å². The maximum atomic E-state index is 12.8. The highest BCUT2D eigenvalue weighted by Crippen LogP contribution is 2.22. The summed E-state index contributed by atoms with van der Waals surface area (Å²) in [5.74, 6) is 0.314. The summed E-state index contributed by atoms with van der Waals surface area (Å²) in [6, 6.07) is 10.2. The SMILES string of the molecule is Cc1cc(O)c(C[NH+]2CCN(S(=O)(=O)c3cccc(Cl)c3)CC2)cc1C. The molecule has 5 nitrogen and oxygen atoms in total. The highest BCUT2D eigenvalue weighted by Gasteiger charge is 2.30. The molecule has 1 saturated heterocycles. The first-order valence-corrected chi connectivity index (χ1v) is 10.5. The van der Waals surface area contributed by atoms with Crippen LogP contribution in [-0.2, 0) is 16.6 Å². The zero-order valence-electron chi connectivity index (χ0n) is 15.0. The molecule has 1 fully saturated rings. The normalized spacial score (nSPS) is 16.7. The Morgan fingerprint density at radius 3 is 2.42 bits per heavy atom. The number of halogens is 1. The Labute approximate surface area is 159 Å². The van der Waals surface area contributed by atoms with Gasteiger partial charge < -0.3 is 10.0 Å². The van der Waals surface area contributed by atoms with Gasteiger partial charge in [0.2, 0.25) is 10.0 Å². The number of aromatic hydroxyl groups is 1. The summed E-state index contributed by atoms with van der Waals surface area (Å²) in [5.41, 5.74) is 3.13. The molecule has 1 aliphatic rings. The van der Waals surface area contributed by atoms with Crippen LogP contribution in [0.5, 0.6) is 5.75 Å². The number of phenols is 1. The van der Waals surface area contributed by atoms with Gasteiger partial charge in [-0.05, 0) is 55.3 Å². The molecule has 0 atom stereocenters. The molecule has 1 heterocycles. The van der Waals surface area contributed by atoms with Crippen LogP contribution in [0.25, 0.3) is 0 Å². The van der Waals surface area contributed by atoms with Gasteiger partial charge in [0.1, 0.15) is 12.3 Å². The largest absolute Gasteiger partial charge is 0.507 e. The molecule has 1 aliphatic heterocycles. The number of piperazine rings is 1. The number of phenolic OH excluding ortho intramolecular Hbond substituents is 1. The first-order valence-electron chi connectivity index (χ1n) is 8.66. The number of hydrogen-bond donors (Lipinski definition) is 2. The molecule has 0 amide bonds. The maximum absolute atomic E-state index is 12.8. The van der Waals surface area contributed by atoms with Gasteiger partial charge in [-0.2, -0.15) is 4.31 Å². The highest BCUT2D eigenvalue weighted by atomic mass is 35.5. The van der Waals surface area contributed by atoms with Crippen molar-refractivity contribution < 1.29 is 18.4 Å². The Balaban J connectivity index is 1.67. The fraction of sp³-hybridized carbons (Fsp3) is 0.368. The lowest BCUT2D eigenvalue weighted by atomic mass is 10.0. The molecule has 140 valence electrons. The maximum Gasteiger partial charge on any atom is 0.243 e. The van der Waals surface area contributed by atoms with Gasteiger partial charge in [0.15, 0.2) is 0 Å². The zero-order valence-corrected chi connectivity index (χ0v) is 16.6.